The number of ether oxygens (including phenoxy) is 1. The van der Waals surface area contributed by atoms with E-state index in [1.807, 2.05) is 0 Å². The number of rotatable bonds is 4. The summed E-state index contributed by atoms with van der Waals surface area (Å²) in [6.45, 7) is 4.63. The SMILES string of the molecule is O=C(NCCN1CCOCC1)Nc1ccc(F)cc1Br. The van der Waals surface area contributed by atoms with Gasteiger partial charge < -0.3 is 15.4 Å². The molecule has 0 aromatic heterocycles. The zero-order valence-electron chi connectivity index (χ0n) is 11.0. The minimum atomic E-state index is -0.352. The van der Waals surface area contributed by atoms with Gasteiger partial charge in [0.05, 0.1) is 18.9 Å². The summed E-state index contributed by atoms with van der Waals surface area (Å²) in [5, 5.41) is 5.44. The summed E-state index contributed by atoms with van der Waals surface area (Å²) < 4.78 is 18.7. The molecule has 5 nitrogen and oxygen atoms in total. The maximum absolute atomic E-state index is 12.9. The summed E-state index contributed by atoms with van der Waals surface area (Å²) >= 11 is 3.20. The van der Waals surface area contributed by atoms with Crippen LogP contribution in [0.1, 0.15) is 0 Å². The first kappa shape index (κ1) is 15.2. The zero-order valence-corrected chi connectivity index (χ0v) is 12.6. The fraction of sp³-hybridized carbons (Fsp3) is 0.462. The molecule has 2 amide bonds. The van der Waals surface area contributed by atoms with Crippen LogP contribution in [-0.4, -0.2) is 50.3 Å². The molecule has 0 unspecified atom stereocenters. The fourth-order valence-corrected chi connectivity index (χ4v) is 2.36. The van der Waals surface area contributed by atoms with Gasteiger partial charge in [-0.1, -0.05) is 0 Å². The summed E-state index contributed by atoms with van der Waals surface area (Å²) in [5.41, 5.74) is 0.537. The second kappa shape index (κ2) is 7.56. The molecule has 7 heteroatoms. The van der Waals surface area contributed by atoms with Crippen molar-refractivity contribution < 1.29 is 13.9 Å². The van der Waals surface area contributed by atoms with Crippen LogP contribution < -0.4 is 10.6 Å². The summed E-state index contributed by atoms with van der Waals surface area (Å²) in [5.74, 6) is -0.352. The van der Waals surface area contributed by atoms with Crippen molar-refractivity contribution in [1.82, 2.24) is 10.2 Å². The van der Waals surface area contributed by atoms with Crippen molar-refractivity contribution in [2.75, 3.05) is 44.7 Å². The van der Waals surface area contributed by atoms with E-state index in [1.165, 1.54) is 18.2 Å². The molecule has 1 aromatic carbocycles. The van der Waals surface area contributed by atoms with Gasteiger partial charge in [-0.3, -0.25) is 4.90 Å². The van der Waals surface area contributed by atoms with E-state index in [1.54, 1.807) is 0 Å². The molecule has 0 saturated carbocycles. The van der Waals surface area contributed by atoms with Gasteiger partial charge in [0.2, 0.25) is 0 Å². The van der Waals surface area contributed by atoms with Crippen LogP contribution in [0.15, 0.2) is 22.7 Å². The minimum Gasteiger partial charge on any atom is -0.379 e. The van der Waals surface area contributed by atoms with E-state index in [0.717, 1.165) is 32.8 Å². The maximum Gasteiger partial charge on any atom is 0.319 e. The monoisotopic (exact) mass is 345 g/mol. The van der Waals surface area contributed by atoms with E-state index in [9.17, 15) is 9.18 Å². The van der Waals surface area contributed by atoms with Crippen molar-refractivity contribution in [3.63, 3.8) is 0 Å². The molecule has 0 bridgehead atoms. The molecule has 1 aliphatic heterocycles. The van der Waals surface area contributed by atoms with Crippen LogP contribution in [-0.2, 0) is 4.74 Å². The highest BCUT2D eigenvalue weighted by Crippen LogP contribution is 2.22. The normalized spacial score (nSPS) is 15.9. The highest BCUT2D eigenvalue weighted by atomic mass is 79.9. The summed E-state index contributed by atoms with van der Waals surface area (Å²) in [6, 6.07) is 3.82. The summed E-state index contributed by atoms with van der Waals surface area (Å²) in [7, 11) is 0. The highest BCUT2D eigenvalue weighted by Gasteiger charge is 2.10. The molecule has 0 aliphatic carbocycles. The van der Waals surface area contributed by atoms with Crippen molar-refractivity contribution in [3.05, 3.63) is 28.5 Å². The van der Waals surface area contributed by atoms with E-state index >= 15 is 0 Å². The Balaban J connectivity index is 1.72. The lowest BCUT2D eigenvalue weighted by atomic mass is 10.3. The van der Waals surface area contributed by atoms with E-state index < -0.39 is 0 Å². The molecule has 1 saturated heterocycles. The van der Waals surface area contributed by atoms with Crippen molar-refractivity contribution in [1.29, 1.82) is 0 Å². The van der Waals surface area contributed by atoms with Gasteiger partial charge in [0, 0.05) is 30.7 Å². The number of hydrogen-bond donors (Lipinski definition) is 2. The maximum atomic E-state index is 12.9. The van der Waals surface area contributed by atoms with Crippen molar-refractivity contribution in [2.24, 2.45) is 0 Å². The standard InChI is InChI=1S/C13H17BrFN3O2/c14-11-9-10(15)1-2-12(11)17-13(19)16-3-4-18-5-7-20-8-6-18/h1-2,9H,3-8H2,(H2,16,17,19). The van der Waals surface area contributed by atoms with Crippen LogP contribution in [0.4, 0.5) is 14.9 Å². The Bertz CT molecular complexity index is 467. The molecule has 2 rings (SSSR count). The van der Waals surface area contributed by atoms with E-state index in [2.05, 4.69) is 31.5 Å². The van der Waals surface area contributed by atoms with Crippen LogP contribution in [0.25, 0.3) is 0 Å². The van der Waals surface area contributed by atoms with Gasteiger partial charge in [-0.15, -0.1) is 0 Å². The summed E-state index contributed by atoms with van der Waals surface area (Å²) in [6.07, 6.45) is 0. The molecular formula is C13H17BrFN3O2. The Morgan fingerprint density at radius 1 is 1.40 bits per heavy atom. The lowest BCUT2D eigenvalue weighted by molar-refractivity contribution is 0.0388. The second-order valence-electron chi connectivity index (χ2n) is 4.46. The third-order valence-electron chi connectivity index (χ3n) is 3.00. The molecule has 1 fully saturated rings. The molecule has 0 spiro atoms. The highest BCUT2D eigenvalue weighted by molar-refractivity contribution is 9.10. The molecule has 1 aliphatic rings. The largest absolute Gasteiger partial charge is 0.379 e. The molecule has 110 valence electrons. The average molecular weight is 346 g/mol. The number of nitrogens with one attached hydrogen (secondary N) is 2. The third-order valence-corrected chi connectivity index (χ3v) is 3.65. The molecule has 1 heterocycles. The van der Waals surface area contributed by atoms with E-state index in [-0.39, 0.29) is 11.8 Å². The minimum absolute atomic E-state index is 0.300. The van der Waals surface area contributed by atoms with Gasteiger partial charge in [-0.2, -0.15) is 0 Å². The first-order valence-corrected chi connectivity index (χ1v) is 7.24. The Morgan fingerprint density at radius 3 is 2.85 bits per heavy atom. The van der Waals surface area contributed by atoms with E-state index in [4.69, 9.17) is 4.74 Å². The topological polar surface area (TPSA) is 53.6 Å². The van der Waals surface area contributed by atoms with Gasteiger partial charge in [-0.25, -0.2) is 9.18 Å². The smallest absolute Gasteiger partial charge is 0.319 e. The van der Waals surface area contributed by atoms with Gasteiger partial charge >= 0.3 is 6.03 Å². The average Bonchev–Trinajstić information content (AvgIpc) is 2.43. The van der Waals surface area contributed by atoms with E-state index in [0.29, 0.717) is 16.7 Å². The second-order valence-corrected chi connectivity index (χ2v) is 5.31. The van der Waals surface area contributed by atoms with Crippen molar-refractivity contribution >= 4 is 27.6 Å². The van der Waals surface area contributed by atoms with Crippen LogP contribution in [0.3, 0.4) is 0 Å². The lowest BCUT2D eigenvalue weighted by Crippen LogP contribution is -2.42. The van der Waals surface area contributed by atoms with Gasteiger partial charge in [-0.05, 0) is 34.1 Å². The number of amides is 2. The molecule has 0 atom stereocenters. The number of hydrogen-bond acceptors (Lipinski definition) is 3. The number of carbonyl (C=O) groups is 1. The van der Waals surface area contributed by atoms with Gasteiger partial charge in [0.15, 0.2) is 0 Å². The molecular weight excluding hydrogens is 329 g/mol. The van der Waals surface area contributed by atoms with Crippen LogP contribution in [0.5, 0.6) is 0 Å². The molecule has 2 N–H and O–H groups in total. The predicted octanol–water partition coefficient (Wildman–Crippen LogP) is 2.04. The summed E-state index contributed by atoms with van der Waals surface area (Å²) in [4.78, 5) is 13.9. The number of benzene rings is 1. The Labute approximate surface area is 125 Å². The van der Waals surface area contributed by atoms with Crippen LogP contribution in [0, 0.1) is 5.82 Å². The quantitative estimate of drug-likeness (QED) is 0.877. The van der Waals surface area contributed by atoms with Gasteiger partial charge in [0.25, 0.3) is 0 Å². The van der Waals surface area contributed by atoms with Crippen LogP contribution in [0.2, 0.25) is 0 Å². The Morgan fingerprint density at radius 2 is 2.15 bits per heavy atom. The molecule has 20 heavy (non-hydrogen) atoms. The predicted molar refractivity (Wildman–Crippen MR) is 78.4 cm³/mol. The molecule has 0 radical (unpaired) electrons. The number of nitrogens with zero attached hydrogens (tertiary/aromatic N) is 1. The zero-order chi connectivity index (χ0) is 14.4. The van der Waals surface area contributed by atoms with Crippen molar-refractivity contribution in [2.45, 2.75) is 0 Å². The third kappa shape index (κ3) is 4.73. The number of anilines is 1. The van der Waals surface area contributed by atoms with Crippen LogP contribution >= 0.6 is 15.9 Å². The Hall–Kier alpha value is -1.18. The lowest BCUT2D eigenvalue weighted by Gasteiger charge is -2.26. The number of carbonyl (C=O) groups excluding carboxylic acids is 1. The molecule has 1 aromatic rings. The number of halogens is 2. The fourth-order valence-electron chi connectivity index (χ4n) is 1.91. The number of morpholine rings is 1. The first-order valence-electron chi connectivity index (χ1n) is 6.45. The first-order chi connectivity index (χ1) is 9.65. The van der Waals surface area contributed by atoms with Gasteiger partial charge in [0.1, 0.15) is 5.82 Å². The number of urea groups is 1. The van der Waals surface area contributed by atoms with Crippen molar-refractivity contribution in [3.8, 4) is 0 Å². The Kier molecular flexibility index (Phi) is 5.75.